The van der Waals surface area contributed by atoms with E-state index < -0.39 is 5.82 Å². The summed E-state index contributed by atoms with van der Waals surface area (Å²) in [5.74, 6) is -0.155. The van der Waals surface area contributed by atoms with Crippen LogP contribution in [0.2, 0.25) is 0 Å². The van der Waals surface area contributed by atoms with Gasteiger partial charge in [-0.1, -0.05) is 0 Å². The van der Waals surface area contributed by atoms with Crippen molar-refractivity contribution >= 4 is 5.96 Å². The average Bonchev–Trinajstić information content (AvgIpc) is 2.61. The highest BCUT2D eigenvalue weighted by Gasteiger charge is 2.23. The van der Waals surface area contributed by atoms with Gasteiger partial charge in [-0.25, -0.2) is 8.78 Å². The van der Waals surface area contributed by atoms with E-state index in [1.807, 2.05) is 0 Å². The molecule has 5 nitrogen and oxygen atoms in total. The lowest BCUT2D eigenvalue weighted by molar-refractivity contribution is -0.0174. The van der Waals surface area contributed by atoms with Crippen LogP contribution in [0.4, 0.5) is 8.78 Å². The van der Waals surface area contributed by atoms with Gasteiger partial charge in [0.1, 0.15) is 11.6 Å². The van der Waals surface area contributed by atoms with Crippen molar-refractivity contribution < 1.29 is 13.5 Å². The summed E-state index contributed by atoms with van der Waals surface area (Å²) in [5.41, 5.74) is 0.360. The lowest BCUT2D eigenvalue weighted by atomic mass is 10.1. The van der Waals surface area contributed by atoms with E-state index in [4.69, 9.17) is 4.74 Å². The number of morpholine rings is 1. The van der Waals surface area contributed by atoms with Crippen LogP contribution in [-0.2, 0) is 11.2 Å². The van der Waals surface area contributed by atoms with Gasteiger partial charge in [0.2, 0.25) is 0 Å². The number of nitrogens with one attached hydrogen (secondary N) is 2. The number of guanidine groups is 1. The van der Waals surface area contributed by atoms with Gasteiger partial charge < -0.3 is 15.4 Å². The van der Waals surface area contributed by atoms with Crippen molar-refractivity contribution in [2.24, 2.45) is 4.99 Å². The summed E-state index contributed by atoms with van der Waals surface area (Å²) in [6, 6.07) is 4.26. The second-order valence-electron chi connectivity index (χ2n) is 6.38. The monoisotopic (exact) mass is 354 g/mol. The van der Waals surface area contributed by atoms with Crippen LogP contribution in [0.3, 0.4) is 0 Å². The second-order valence-corrected chi connectivity index (χ2v) is 6.38. The largest absolute Gasteiger partial charge is 0.379 e. The molecule has 2 N–H and O–H groups in total. The summed E-state index contributed by atoms with van der Waals surface area (Å²) in [5, 5.41) is 6.43. The van der Waals surface area contributed by atoms with Crippen LogP contribution in [0.15, 0.2) is 23.2 Å². The highest BCUT2D eigenvalue weighted by Crippen LogP contribution is 2.11. The lowest BCUT2D eigenvalue weighted by Crippen LogP contribution is -2.53. The zero-order valence-electron chi connectivity index (χ0n) is 15.2. The average molecular weight is 354 g/mol. The van der Waals surface area contributed by atoms with Crippen LogP contribution in [0.25, 0.3) is 0 Å². The molecular formula is C18H28F2N4O. The molecule has 1 saturated heterocycles. The molecule has 1 aromatic rings. The number of hydrogen-bond donors (Lipinski definition) is 2. The van der Waals surface area contributed by atoms with Crippen molar-refractivity contribution in [2.45, 2.75) is 32.4 Å². The SMILES string of the molecule is CN=C(NCCc1cc(F)ccc1F)NCC(C)N1CCOCC1C. The molecule has 2 atom stereocenters. The van der Waals surface area contributed by atoms with E-state index >= 15 is 0 Å². The quantitative estimate of drug-likeness (QED) is 0.604. The maximum absolute atomic E-state index is 13.6. The first-order valence-electron chi connectivity index (χ1n) is 8.73. The summed E-state index contributed by atoms with van der Waals surface area (Å²) in [6.45, 7) is 8.01. The van der Waals surface area contributed by atoms with E-state index in [1.54, 1.807) is 7.05 Å². The molecule has 2 unspecified atom stereocenters. The molecule has 1 aliphatic rings. The van der Waals surface area contributed by atoms with Gasteiger partial charge in [-0.15, -0.1) is 0 Å². The number of halogens is 2. The summed E-state index contributed by atoms with van der Waals surface area (Å²) in [7, 11) is 1.69. The first-order valence-corrected chi connectivity index (χ1v) is 8.73. The lowest BCUT2D eigenvalue weighted by Gasteiger charge is -2.38. The van der Waals surface area contributed by atoms with Crippen molar-refractivity contribution in [1.29, 1.82) is 0 Å². The molecule has 1 aliphatic heterocycles. The fourth-order valence-electron chi connectivity index (χ4n) is 3.03. The molecule has 1 heterocycles. The summed E-state index contributed by atoms with van der Waals surface area (Å²) in [6.07, 6.45) is 0.389. The maximum Gasteiger partial charge on any atom is 0.191 e. The van der Waals surface area contributed by atoms with Gasteiger partial charge >= 0.3 is 0 Å². The van der Waals surface area contributed by atoms with Crippen molar-refractivity contribution in [3.63, 3.8) is 0 Å². The Morgan fingerprint density at radius 2 is 2.20 bits per heavy atom. The third-order valence-corrected chi connectivity index (χ3v) is 4.47. The molecule has 7 heteroatoms. The van der Waals surface area contributed by atoms with E-state index in [2.05, 4.69) is 34.4 Å². The third kappa shape index (κ3) is 5.93. The normalized spacial score (nSPS) is 20.4. The number of ether oxygens (including phenoxy) is 1. The Bertz CT molecular complexity index is 582. The van der Waals surface area contributed by atoms with Crippen molar-refractivity contribution in [1.82, 2.24) is 15.5 Å². The number of rotatable bonds is 6. The molecule has 140 valence electrons. The Hall–Kier alpha value is -1.73. The van der Waals surface area contributed by atoms with Gasteiger partial charge in [-0.3, -0.25) is 9.89 Å². The Morgan fingerprint density at radius 1 is 1.40 bits per heavy atom. The highest BCUT2D eigenvalue weighted by atomic mass is 19.1. The molecule has 2 rings (SSSR count). The maximum atomic E-state index is 13.6. The van der Waals surface area contributed by atoms with Crippen molar-refractivity contribution in [2.75, 3.05) is 39.9 Å². The summed E-state index contributed by atoms with van der Waals surface area (Å²) < 4.78 is 32.3. The number of hydrogen-bond acceptors (Lipinski definition) is 3. The van der Waals surface area contributed by atoms with Crippen LogP contribution in [-0.4, -0.2) is 62.8 Å². The van der Waals surface area contributed by atoms with E-state index in [1.165, 1.54) is 6.07 Å². The highest BCUT2D eigenvalue weighted by molar-refractivity contribution is 5.79. The Labute approximate surface area is 148 Å². The van der Waals surface area contributed by atoms with E-state index in [9.17, 15) is 8.78 Å². The summed E-state index contributed by atoms with van der Waals surface area (Å²) >= 11 is 0. The Balaban J connectivity index is 1.76. The first-order chi connectivity index (χ1) is 12.0. The predicted octanol–water partition coefficient (Wildman–Crippen LogP) is 1.78. The minimum atomic E-state index is -0.424. The van der Waals surface area contributed by atoms with Crippen molar-refractivity contribution in [3.05, 3.63) is 35.4 Å². The van der Waals surface area contributed by atoms with Crippen molar-refractivity contribution in [3.8, 4) is 0 Å². The van der Waals surface area contributed by atoms with Gasteiger partial charge in [0.05, 0.1) is 13.2 Å². The van der Waals surface area contributed by atoms with E-state index in [0.717, 1.165) is 38.4 Å². The Morgan fingerprint density at radius 3 is 2.92 bits per heavy atom. The third-order valence-electron chi connectivity index (χ3n) is 4.47. The molecule has 0 aromatic heterocycles. The number of nitrogens with zero attached hydrogens (tertiary/aromatic N) is 2. The first kappa shape index (κ1) is 19.6. The van der Waals surface area contributed by atoms with Gasteiger partial charge in [0.15, 0.2) is 5.96 Å². The van der Waals surface area contributed by atoms with Gasteiger partial charge in [0.25, 0.3) is 0 Å². The molecule has 0 radical (unpaired) electrons. The fraction of sp³-hybridized carbons (Fsp3) is 0.611. The molecule has 1 fully saturated rings. The zero-order valence-corrected chi connectivity index (χ0v) is 15.2. The van der Waals surface area contributed by atoms with E-state index in [0.29, 0.717) is 36.6 Å². The standard InChI is InChI=1S/C18H28F2N4O/c1-13(24-8-9-25-12-14(24)2)11-23-18(21-3)22-7-6-15-10-16(19)4-5-17(15)20/h4-5,10,13-14H,6-9,11-12H2,1-3H3,(H2,21,22,23). The molecular weight excluding hydrogens is 326 g/mol. The smallest absolute Gasteiger partial charge is 0.191 e. The van der Waals surface area contributed by atoms with Crippen LogP contribution in [0, 0.1) is 11.6 Å². The van der Waals surface area contributed by atoms with Crippen LogP contribution < -0.4 is 10.6 Å². The number of aliphatic imine (C=N–C) groups is 1. The molecule has 0 bridgehead atoms. The predicted molar refractivity (Wildman–Crippen MR) is 95.9 cm³/mol. The van der Waals surface area contributed by atoms with Crippen LogP contribution in [0.1, 0.15) is 19.4 Å². The second kappa shape index (κ2) is 9.68. The van der Waals surface area contributed by atoms with Gasteiger partial charge in [-0.05, 0) is 44.0 Å². The number of benzene rings is 1. The molecule has 0 spiro atoms. The van der Waals surface area contributed by atoms with Crippen LogP contribution >= 0.6 is 0 Å². The van der Waals surface area contributed by atoms with Gasteiger partial charge in [0, 0.05) is 38.8 Å². The molecule has 1 aromatic carbocycles. The van der Waals surface area contributed by atoms with Crippen LogP contribution in [0.5, 0.6) is 0 Å². The minimum Gasteiger partial charge on any atom is -0.379 e. The topological polar surface area (TPSA) is 48.9 Å². The molecule has 0 saturated carbocycles. The fourth-order valence-corrected chi connectivity index (χ4v) is 3.03. The Kier molecular flexibility index (Phi) is 7.58. The minimum absolute atomic E-state index is 0.345. The van der Waals surface area contributed by atoms with E-state index in [-0.39, 0.29) is 5.82 Å². The molecule has 0 aliphatic carbocycles. The zero-order chi connectivity index (χ0) is 18.2. The molecule has 25 heavy (non-hydrogen) atoms. The summed E-state index contributed by atoms with van der Waals surface area (Å²) in [4.78, 5) is 6.59. The van der Waals surface area contributed by atoms with Gasteiger partial charge in [-0.2, -0.15) is 0 Å². The molecule has 0 amide bonds.